The molecule has 6 rings (SSSR count). The molecule has 4 aromatic rings. The molecular weight excluding hydrogens is 472 g/mol. The van der Waals surface area contributed by atoms with Gasteiger partial charge in [0.25, 0.3) is 5.56 Å². The zero-order valence-electron chi connectivity index (χ0n) is 18.3. The van der Waals surface area contributed by atoms with Gasteiger partial charge in [-0.15, -0.1) is 0 Å². The van der Waals surface area contributed by atoms with Crippen molar-refractivity contribution in [2.45, 2.75) is 25.6 Å². The van der Waals surface area contributed by atoms with Crippen LogP contribution < -0.4 is 19.6 Å². The monoisotopic (exact) mass is 490 g/mol. The number of carbonyl (C=O) groups excluding carboxylic acids is 1. The molecule has 2 aromatic carbocycles. The Kier molecular flexibility index (Phi) is 4.69. The van der Waals surface area contributed by atoms with Crippen molar-refractivity contribution in [2.75, 3.05) is 0 Å². The number of aromatic nitrogens is 1. The molecule has 0 saturated carbocycles. The Morgan fingerprint density at radius 1 is 1.18 bits per heavy atom. The van der Waals surface area contributed by atoms with Gasteiger partial charge in [0.15, 0.2) is 4.80 Å². The molecule has 0 saturated heterocycles. The molecule has 0 fully saturated rings. The number of para-hydroxylation sites is 1. The third-order valence-electron chi connectivity index (χ3n) is 6.33. The average molecular weight is 491 g/mol. The first-order valence-corrected chi connectivity index (χ1v) is 12.0. The number of halogens is 1. The van der Waals surface area contributed by atoms with Gasteiger partial charge in [0.05, 0.1) is 10.6 Å². The smallest absolute Gasteiger partial charge is 0.271 e. The van der Waals surface area contributed by atoms with Gasteiger partial charge >= 0.3 is 0 Å². The second-order valence-corrected chi connectivity index (χ2v) is 10.1. The van der Waals surface area contributed by atoms with Crippen LogP contribution in [0.25, 0.3) is 17.4 Å². The highest BCUT2D eigenvalue weighted by Gasteiger charge is 2.53. The number of furan rings is 1. The van der Waals surface area contributed by atoms with Crippen LogP contribution in [0.1, 0.15) is 31.2 Å². The van der Waals surface area contributed by atoms with E-state index < -0.39 is 17.7 Å². The second-order valence-electron chi connectivity index (χ2n) is 8.62. The van der Waals surface area contributed by atoms with E-state index >= 15 is 0 Å². The predicted molar refractivity (Wildman–Crippen MR) is 130 cm³/mol. The first-order valence-electron chi connectivity index (χ1n) is 10.8. The summed E-state index contributed by atoms with van der Waals surface area (Å²) in [5, 5.41) is 0.618. The van der Waals surface area contributed by atoms with Crippen LogP contribution in [0.15, 0.2) is 74.9 Å². The number of ketones is 1. The Hall–Kier alpha value is -3.42. The van der Waals surface area contributed by atoms with E-state index in [9.17, 15) is 9.59 Å². The zero-order chi connectivity index (χ0) is 23.6. The van der Waals surface area contributed by atoms with E-state index in [1.807, 2.05) is 61.5 Å². The Morgan fingerprint density at radius 3 is 2.79 bits per heavy atom. The maximum absolute atomic E-state index is 13.6. The third-order valence-corrected chi connectivity index (χ3v) is 7.55. The summed E-state index contributed by atoms with van der Waals surface area (Å²) in [6.45, 7) is 3.33. The Balaban J connectivity index is 1.52. The number of rotatable bonds is 3. The molecule has 170 valence electrons. The molecule has 0 radical (unpaired) electrons. The number of ether oxygens (including phenoxy) is 1. The summed E-state index contributed by atoms with van der Waals surface area (Å²) in [5.41, 5.74) is 0.372. The summed E-state index contributed by atoms with van der Waals surface area (Å²) in [7, 11) is 0. The summed E-state index contributed by atoms with van der Waals surface area (Å²) < 4.78 is 14.3. The van der Waals surface area contributed by atoms with Crippen LogP contribution in [0.5, 0.6) is 5.75 Å². The van der Waals surface area contributed by atoms with Gasteiger partial charge in [-0.2, -0.15) is 0 Å². The van der Waals surface area contributed by atoms with Crippen molar-refractivity contribution in [3.63, 3.8) is 0 Å². The van der Waals surface area contributed by atoms with Gasteiger partial charge in [0.1, 0.15) is 29.0 Å². The lowest BCUT2D eigenvalue weighted by atomic mass is 9.79. The predicted octanol–water partition coefficient (Wildman–Crippen LogP) is 4.19. The van der Waals surface area contributed by atoms with Crippen molar-refractivity contribution in [2.24, 2.45) is 10.9 Å². The van der Waals surface area contributed by atoms with Crippen molar-refractivity contribution < 1.29 is 13.9 Å². The van der Waals surface area contributed by atoms with Gasteiger partial charge in [-0.3, -0.25) is 14.2 Å². The number of thiazole rings is 1. The highest BCUT2D eigenvalue weighted by atomic mass is 35.5. The molecule has 2 aliphatic heterocycles. The van der Waals surface area contributed by atoms with E-state index in [1.54, 1.807) is 16.7 Å². The number of Topliss-reactive ketones (excluding diaryl/α,β-unsaturated/α-hetero) is 1. The quantitative estimate of drug-likeness (QED) is 0.431. The van der Waals surface area contributed by atoms with Crippen LogP contribution in [0, 0.1) is 5.92 Å². The number of benzene rings is 2. The van der Waals surface area contributed by atoms with E-state index in [1.165, 1.54) is 18.3 Å². The minimum Gasteiger partial charge on any atom is -0.465 e. The van der Waals surface area contributed by atoms with Crippen LogP contribution in [-0.4, -0.2) is 16.1 Å². The fourth-order valence-electron chi connectivity index (χ4n) is 4.91. The molecule has 0 spiro atoms. The lowest BCUT2D eigenvalue weighted by molar-refractivity contribution is -0.132. The van der Waals surface area contributed by atoms with Crippen LogP contribution in [0.2, 0.25) is 5.02 Å². The minimum atomic E-state index is -1.08. The highest BCUT2D eigenvalue weighted by Crippen LogP contribution is 2.47. The van der Waals surface area contributed by atoms with Gasteiger partial charge < -0.3 is 9.15 Å². The van der Waals surface area contributed by atoms with Gasteiger partial charge in [0, 0.05) is 22.2 Å². The Morgan fingerprint density at radius 2 is 2.00 bits per heavy atom. The molecule has 2 aromatic heterocycles. The highest BCUT2D eigenvalue weighted by molar-refractivity contribution is 7.07. The molecule has 3 atom stereocenters. The van der Waals surface area contributed by atoms with Crippen molar-refractivity contribution in [3.8, 4) is 17.1 Å². The van der Waals surface area contributed by atoms with Gasteiger partial charge in [-0.25, -0.2) is 4.99 Å². The molecule has 0 amide bonds. The molecule has 2 bridgehead atoms. The van der Waals surface area contributed by atoms with Crippen LogP contribution >= 0.6 is 22.9 Å². The summed E-state index contributed by atoms with van der Waals surface area (Å²) in [6, 6.07) is 18.1. The van der Waals surface area contributed by atoms with Crippen LogP contribution in [0.3, 0.4) is 0 Å². The van der Waals surface area contributed by atoms with E-state index in [0.717, 1.165) is 11.1 Å². The largest absolute Gasteiger partial charge is 0.465 e. The molecule has 0 unspecified atom stereocenters. The zero-order valence-corrected chi connectivity index (χ0v) is 19.9. The van der Waals surface area contributed by atoms with E-state index in [0.29, 0.717) is 31.6 Å². The first-order chi connectivity index (χ1) is 16.3. The van der Waals surface area contributed by atoms with E-state index in [2.05, 4.69) is 0 Å². The minimum absolute atomic E-state index is 0.0720. The standard InChI is InChI=1S/C26H19ClN2O4S/c1-14(30)22-23-18-8-3-4-9-20(18)33-26(22,2)28-25-29(23)24(31)21(34-25)13-17-10-11-19(32-17)15-6-5-7-16(27)12-15/h3-13,22-23H,1-2H3/b21-13+/t22-,23+,26-/m0/s1. The lowest BCUT2D eigenvalue weighted by Crippen LogP contribution is -2.58. The van der Waals surface area contributed by atoms with E-state index in [4.69, 9.17) is 25.7 Å². The Labute approximate surface area is 203 Å². The number of hydrogen-bond donors (Lipinski definition) is 0. The van der Waals surface area contributed by atoms with Crippen molar-refractivity contribution in [3.05, 3.63) is 96.7 Å². The second kappa shape index (κ2) is 7.55. The summed E-state index contributed by atoms with van der Waals surface area (Å²) in [4.78, 5) is 31.6. The molecule has 0 N–H and O–H groups in total. The first kappa shape index (κ1) is 21.1. The number of nitrogens with zero attached hydrogens (tertiary/aromatic N) is 2. The maximum Gasteiger partial charge on any atom is 0.271 e. The summed E-state index contributed by atoms with van der Waals surface area (Å²) in [5.74, 6) is 1.16. The Bertz CT molecular complexity index is 1650. The summed E-state index contributed by atoms with van der Waals surface area (Å²) >= 11 is 7.36. The normalized spacial score (nSPS) is 23.0. The number of hydrogen-bond acceptors (Lipinski definition) is 6. The number of carbonyl (C=O) groups is 1. The fourth-order valence-corrected chi connectivity index (χ4v) is 6.18. The average Bonchev–Trinajstić information content (AvgIpc) is 3.37. The van der Waals surface area contributed by atoms with Crippen molar-refractivity contribution >= 4 is 34.8 Å². The molecule has 6 nitrogen and oxygen atoms in total. The molecule has 2 aliphatic rings. The molecule has 34 heavy (non-hydrogen) atoms. The lowest BCUT2D eigenvalue weighted by Gasteiger charge is -2.45. The van der Waals surface area contributed by atoms with Gasteiger partial charge in [-0.05, 0) is 44.2 Å². The van der Waals surface area contributed by atoms with Gasteiger partial charge in [-0.1, -0.05) is 53.3 Å². The van der Waals surface area contributed by atoms with Crippen molar-refractivity contribution in [1.29, 1.82) is 0 Å². The number of fused-ring (bicyclic) bond motifs is 6. The topological polar surface area (TPSA) is 73.8 Å². The molecule has 0 aliphatic carbocycles. The van der Waals surface area contributed by atoms with E-state index in [-0.39, 0.29) is 11.3 Å². The fraction of sp³-hybridized carbons (Fsp3) is 0.192. The van der Waals surface area contributed by atoms with Crippen LogP contribution in [-0.2, 0) is 4.79 Å². The molecule has 4 heterocycles. The third kappa shape index (κ3) is 3.19. The molecule has 8 heteroatoms. The summed E-state index contributed by atoms with van der Waals surface area (Å²) in [6.07, 6.45) is 1.71. The van der Waals surface area contributed by atoms with Crippen LogP contribution in [0.4, 0.5) is 0 Å². The van der Waals surface area contributed by atoms with Crippen molar-refractivity contribution in [1.82, 2.24) is 4.57 Å². The molecular formula is C26H19ClN2O4S. The van der Waals surface area contributed by atoms with Gasteiger partial charge in [0.2, 0.25) is 5.72 Å². The SMILES string of the molecule is CC(=O)[C@H]1[C@H]2c3ccccc3O[C@]1(C)N=c1s/c(=C/c3ccc(-c4cccc(Cl)c4)o3)c(=O)n12. The maximum atomic E-state index is 13.6.